The average molecular weight is 250 g/mol. The molecule has 0 aromatic heterocycles. The summed E-state index contributed by atoms with van der Waals surface area (Å²) in [7, 11) is -2.98. The second kappa shape index (κ2) is 6.85. The summed E-state index contributed by atoms with van der Waals surface area (Å²) >= 11 is 0. The van der Waals surface area contributed by atoms with E-state index in [4.69, 9.17) is 0 Å². The second-order valence-electron chi connectivity index (χ2n) is 4.20. The maximum atomic E-state index is 11.3. The Hall–Kier alpha value is -0.620. The zero-order chi connectivity index (χ0) is 12.8. The maximum absolute atomic E-state index is 11.3. The first-order chi connectivity index (χ1) is 7.26. The molecule has 6 heteroatoms. The lowest BCUT2D eigenvalue weighted by molar-refractivity contribution is -0.120. The summed E-state index contributed by atoms with van der Waals surface area (Å²) in [6, 6.07) is -0.105. The van der Waals surface area contributed by atoms with E-state index in [2.05, 4.69) is 10.6 Å². The van der Waals surface area contributed by atoms with Crippen LogP contribution in [0.15, 0.2) is 0 Å². The van der Waals surface area contributed by atoms with Crippen LogP contribution in [0.1, 0.15) is 27.7 Å². The van der Waals surface area contributed by atoms with Crippen LogP contribution in [-0.2, 0) is 14.6 Å². The van der Waals surface area contributed by atoms with Crippen LogP contribution in [-0.4, -0.2) is 44.5 Å². The smallest absolute Gasteiger partial charge is 0.234 e. The quantitative estimate of drug-likeness (QED) is 0.663. The van der Waals surface area contributed by atoms with Crippen LogP contribution in [0, 0.1) is 0 Å². The van der Waals surface area contributed by atoms with Crippen LogP contribution in [0.25, 0.3) is 0 Å². The van der Waals surface area contributed by atoms with Crippen LogP contribution in [0.3, 0.4) is 0 Å². The van der Waals surface area contributed by atoms with Crippen molar-refractivity contribution in [3.63, 3.8) is 0 Å². The molecule has 0 aliphatic carbocycles. The molecule has 0 bridgehead atoms. The van der Waals surface area contributed by atoms with Crippen molar-refractivity contribution in [2.24, 2.45) is 0 Å². The van der Waals surface area contributed by atoms with Gasteiger partial charge in [0.25, 0.3) is 0 Å². The highest BCUT2D eigenvalue weighted by atomic mass is 32.2. The topological polar surface area (TPSA) is 75.3 Å². The van der Waals surface area contributed by atoms with Gasteiger partial charge in [-0.1, -0.05) is 6.92 Å². The van der Waals surface area contributed by atoms with Crippen molar-refractivity contribution < 1.29 is 13.2 Å². The fraction of sp³-hybridized carbons (Fsp3) is 0.900. The average Bonchev–Trinajstić information content (AvgIpc) is 2.13. The van der Waals surface area contributed by atoms with Gasteiger partial charge in [-0.25, -0.2) is 8.42 Å². The molecule has 0 aromatic rings. The first kappa shape index (κ1) is 15.4. The fourth-order valence-electron chi connectivity index (χ4n) is 1.20. The van der Waals surface area contributed by atoms with Crippen molar-refractivity contribution in [3.05, 3.63) is 0 Å². The molecule has 1 amide bonds. The highest BCUT2D eigenvalue weighted by Gasteiger charge is 2.14. The van der Waals surface area contributed by atoms with E-state index in [0.29, 0.717) is 0 Å². The van der Waals surface area contributed by atoms with Gasteiger partial charge in [-0.15, -0.1) is 0 Å². The number of sulfone groups is 1. The Balaban J connectivity index is 3.90. The Morgan fingerprint density at radius 1 is 1.25 bits per heavy atom. The molecule has 1 unspecified atom stereocenters. The van der Waals surface area contributed by atoms with Crippen LogP contribution in [0.5, 0.6) is 0 Å². The lowest BCUT2D eigenvalue weighted by Crippen LogP contribution is -2.42. The second-order valence-corrected chi connectivity index (χ2v) is 6.60. The molecule has 0 saturated heterocycles. The third kappa shape index (κ3) is 7.64. The summed E-state index contributed by atoms with van der Waals surface area (Å²) < 4.78 is 22.6. The van der Waals surface area contributed by atoms with Gasteiger partial charge in [-0.05, 0) is 20.8 Å². The van der Waals surface area contributed by atoms with Crippen molar-refractivity contribution in [1.29, 1.82) is 0 Å². The fourth-order valence-corrected chi connectivity index (χ4v) is 2.31. The van der Waals surface area contributed by atoms with Gasteiger partial charge in [0.05, 0.1) is 12.3 Å². The Morgan fingerprint density at radius 2 is 1.81 bits per heavy atom. The van der Waals surface area contributed by atoms with Gasteiger partial charge in [0.1, 0.15) is 0 Å². The summed E-state index contributed by atoms with van der Waals surface area (Å²) in [5.41, 5.74) is 0. The van der Waals surface area contributed by atoms with Crippen molar-refractivity contribution in [2.45, 2.75) is 39.8 Å². The van der Waals surface area contributed by atoms with E-state index in [-0.39, 0.29) is 36.0 Å². The molecular formula is C10H22N2O3S. The van der Waals surface area contributed by atoms with Crippen molar-refractivity contribution >= 4 is 15.7 Å². The summed E-state index contributed by atoms with van der Waals surface area (Å²) in [5, 5.41) is 5.61. The van der Waals surface area contributed by atoms with Gasteiger partial charge < -0.3 is 10.6 Å². The molecule has 0 rings (SSSR count). The molecule has 0 saturated carbocycles. The Labute approximate surface area is 97.9 Å². The Morgan fingerprint density at radius 3 is 2.25 bits per heavy atom. The largest absolute Gasteiger partial charge is 0.353 e. The molecule has 16 heavy (non-hydrogen) atoms. The highest BCUT2D eigenvalue weighted by molar-refractivity contribution is 7.91. The van der Waals surface area contributed by atoms with Gasteiger partial charge in [-0.2, -0.15) is 0 Å². The standard InChI is InChI=1S/C10H22N2O3S/c1-5-16(14,15)7-9(4)11-6-10(13)12-8(2)3/h8-9,11H,5-7H2,1-4H3,(H,12,13). The third-order valence-electron chi connectivity index (χ3n) is 2.00. The van der Waals surface area contributed by atoms with Gasteiger partial charge in [0, 0.05) is 17.8 Å². The number of rotatable bonds is 7. The molecule has 0 aromatic carbocycles. The van der Waals surface area contributed by atoms with Crippen LogP contribution >= 0.6 is 0 Å². The number of amides is 1. The predicted molar refractivity (Wildman–Crippen MR) is 65.1 cm³/mol. The van der Waals surface area contributed by atoms with E-state index in [1.54, 1.807) is 13.8 Å². The Bertz CT molecular complexity index is 312. The number of carbonyl (C=O) groups is 1. The van der Waals surface area contributed by atoms with Gasteiger partial charge >= 0.3 is 0 Å². The summed E-state index contributed by atoms with van der Waals surface area (Å²) in [6.07, 6.45) is 0. The minimum absolute atomic E-state index is 0.0679. The number of nitrogens with one attached hydrogen (secondary N) is 2. The zero-order valence-corrected chi connectivity index (χ0v) is 11.2. The number of hydrogen-bond donors (Lipinski definition) is 2. The predicted octanol–water partition coefficient (Wildman–Crippen LogP) is -0.0762. The van der Waals surface area contributed by atoms with E-state index in [1.165, 1.54) is 0 Å². The molecule has 0 spiro atoms. The highest BCUT2D eigenvalue weighted by Crippen LogP contribution is 1.93. The molecular weight excluding hydrogens is 228 g/mol. The minimum atomic E-state index is -2.98. The van der Waals surface area contributed by atoms with E-state index in [0.717, 1.165) is 0 Å². The molecule has 0 radical (unpaired) electrons. The summed E-state index contributed by atoms with van der Waals surface area (Å²) in [5.74, 6) is 0.0890. The van der Waals surface area contributed by atoms with Crippen LogP contribution in [0.4, 0.5) is 0 Å². The van der Waals surface area contributed by atoms with Crippen molar-refractivity contribution in [2.75, 3.05) is 18.1 Å². The number of carbonyl (C=O) groups excluding carboxylic acids is 1. The molecule has 5 nitrogen and oxygen atoms in total. The lowest BCUT2D eigenvalue weighted by atomic mass is 10.3. The normalized spacial score (nSPS) is 13.8. The molecule has 0 fully saturated rings. The van der Waals surface area contributed by atoms with Crippen LogP contribution < -0.4 is 10.6 Å². The summed E-state index contributed by atoms with van der Waals surface area (Å²) in [6.45, 7) is 7.29. The SMILES string of the molecule is CCS(=O)(=O)CC(C)NCC(=O)NC(C)C. The van der Waals surface area contributed by atoms with E-state index >= 15 is 0 Å². The van der Waals surface area contributed by atoms with Crippen LogP contribution in [0.2, 0.25) is 0 Å². The van der Waals surface area contributed by atoms with Crippen molar-refractivity contribution in [3.8, 4) is 0 Å². The van der Waals surface area contributed by atoms with E-state index in [9.17, 15) is 13.2 Å². The minimum Gasteiger partial charge on any atom is -0.353 e. The maximum Gasteiger partial charge on any atom is 0.234 e. The van der Waals surface area contributed by atoms with E-state index in [1.807, 2.05) is 13.8 Å². The lowest BCUT2D eigenvalue weighted by Gasteiger charge is -2.14. The molecule has 0 aliphatic heterocycles. The number of hydrogen-bond acceptors (Lipinski definition) is 4. The third-order valence-corrected chi connectivity index (χ3v) is 3.89. The van der Waals surface area contributed by atoms with E-state index < -0.39 is 9.84 Å². The van der Waals surface area contributed by atoms with Gasteiger partial charge in [0.2, 0.25) is 5.91 Å². The summed E-state index contributed by atoms with van der Waals surface area (Å²) in [4.78, 5) is 11.3. The molecule has 96 valence electrons. The first-order valence-corrected chi connectivity index (χ1v) is 7.32. The molecule has 1 atom stereocenters. The molecule has 0 aliphatic rings. The molecule has 2 N–H and O–H groups in total. The zero-order valence-electron chi connectivity index (χ0n) is 10.4. The van der Waals surface area contributed by atoms with Gasteiger partial charge in [0.15, 0.2) is 9.84 Å². The Kier molecular flexibility index (Phi) is 6.59. The van der Waals surface area contributed by atoms with Crippen molar-refractivity contribution in [1.82, 2.24) is 10.6 Å². The molecule has 0 heterocycles. The monoisotopic (exact) mass is 250 g/mol. The van der Waals surface area contributed by atoms with Gasteiger partial charge in [-0.3, -0.25) is 4.79 Å². The first-order valence-electron chi connectivity index (χ1n) is 5.50.